The molecule has 0 radical (unpaired) electrons. The molecule has 2 N–H and O–H groups in total. The maximum Gasteiger partial charge on any atom is 0.0457 e. The molecule has 1 atom stereocenters. The minimum Gasteiger partial charge on any atom is -0.323 e. The molecule has 3 rings (SSSR count). The first-order chi connectivity index (χ1) is 9.32. The van der Waals surface area contributed by atoms with Crippen LogP contribution in [0.1, 0.15) is 56.5 Å². The van der Waals surface area contributed by atoms with Gasteiger partial charge in [0, 0.05) is 23.5 Å². The quantitative estimate of drug-likeness (QED) is 0.790. The zero-order chi connectivity index (χ0) is 14.5. The molecule has 1 saturated heterocycles. The summed E-state index contributed by atoms with van der Waals surface area (Å²) in [6.45, 7) is 11.3. The molecule has 2 aliphatic rings. The van der Waals surface area contributed by atoms with E-state index < -0.39 is 0 Å². The third-order valence-electron chi connectivity index (χ3n) is 5.36. The van der Waals surface area contributed by atoms with Gasteiger partial charge in [0.1, 0.15) is 0 Å². The molecular weight excluding hydrogens is 246 g/mol. The largest absolute Gasteiger partial charge is 0.323 e. The SMILES string of the molecule is Cc1cnc2c(c1)[C@@H](N)C1(CCN(C(C)(C)C)CC1)C2. The van der Waals surface area contributed by atoms with Crippen molar-refractivity contribution in [3.8, 4) is 0 Å². The van der Waals surface area contributed by atoms with E-state index in [-0.39, 0.29) is 17.0 Å². The lowest BCUT2D eigenvalue weighted by molar-refractivity contribution is 0.0343. The summed E-state index contributed by atoms with van der Waals surface area (Å²) in [4.78, 5) is 7.22. The van der Waals surface area contributed by atoms with E-state index in [4.69, 9.17) is 5.73 Å². The lowest BCUT2D eigenvalue weighted by Crippen LogP contribution is -2.51. The monoisotopic (exact) mass is 273 g/mol. The molecule has 110 valence electrons. The Morgan fingerprint density at radius 3 is 2.55 bits per heavy atom. The smallest absolute Gasteiger partial charge is 0.0457 e. The standard InChI is InChI=1S/C17H27N3/c1-12-9-13-14(19-11-12)10-17(15(13)18)5-7-20(8-6-17)16(2,3)4/h9,11,15H,5-8,10,18H2,1-4H3/t15-/m1/s1. The predicted octanol–water partition coefficient (Wildman–Crippen LogP) is 2.83. The van der Waals surface area contributed by atoms with Crippen molar-refractivity contribution in [3.63, 3.8) is 0 Å². The Labute approximate surface area is 122 Å². The molecular formula is C17H27N3. The number of nitrogens with zero attached hydrogens (tertiary/aromatic N) is 2. The van der Waals surface area contributed by atoms with Crippen molar-refractivity contribution in [2.24, 2.45) is 11.1 Å². The number of aryl methyl sites for hydroxylation is 1. The average molecular weight is 273 g/mol. The van der Waals surface area contributed by atoms with E-state index in [0.717, 1.165) is 19.5 Å². The minimum atomic E-state index is 0.173. The van der Waals surface area contributed by atoms with Crippen LogP contribution >= 0.6 is 0 Å². The van der Waals surface area contributed by atoms with Crippen molar-refractivity contribution < 1.29 is 0 Å². The van der Waals surface area contributed by atoms with Crippen molar-refractivity contribution >= 4 is 0 Å². The number of piperidine rings is 1. The Morgan fingerprint density at radius 1 is 1.30 bits per heavy atom. The Kier molecular flexibility index (Phi) is 3.18. The second-order valence-corrected chi connectivity index (χ2v) is 7.72. The van der Waals surface area contributed by atoms with Gasteiger partial charge in [-0.15, -0.1) is 0 Å². The minimum absolute atomic E-state index is 0.173. The van der Waals surface area contributed by atoms with Crippen LogP contribution < -0.4 is 5.73 Å². The van der Waals surface area contributed by atoms with Gasteiger partial charge in [0.05, 0.1) is 0 Å². The fraction of sp³-hybridized carbons (Fsp3) is 0.706. The summed E-state index contributed by atoms with van der Waals surface area (Å²) >= 11 is 0. The van der Waals surface area contributed by atoms with E-state index in [9.17, 15) is 0 Å². The van der Waals surface area contributed by atoms with Gasteiger partial charge >= 0.3 is 0 Å². The molecule has 1 spiro atoms. The molecule has 0 unspecified atom stereocenters. The first-order valence-corrected chi connectivity index (χ1v) is 7.78. The number of hydrogen-bond acceptors (Lipinski definition) is 3. The fourth-order valence-electron chi connectivity index (χ4n) is 3.92. The number of aromatic nitrogens is 1. The normalized spacial score (nSPS) is 25.9. The molecule has 1 fully saturated rings. The second kappa shape index (κ2) is 4.54. The summed E-state index contributed by atoms with van der Waals surface area (Å²) < 4.78 is 0. The highest BCUT2D eigenvalue weighted by Crippen LogP contribution is 2.50. The highest BCUT2D eigenvalue weighted by Gasteiger charge is 2.47. The van der Waals surface area contributed by atoms with Gasteiger partial charge in [-0.3, -0.25) is 9.88 Å². The molecule has 1 aliphatic heterocycles. The van der Waals surface area contributed by atoms with Crippen molar-refractivity contribution in [2.45, 2.75) is 58.5 Å². The summed E-state index contributed by atoms with van der Waals surface area (Å²) in [5.74, 6) is 0. The van der Waals surface area contributed by atoms with E-state index in [1.807, 2.05) is 6.20 Å². The summed E-state index contributed by atoms with van der Waals surface area (Å²) in [6, 6.07) is 2.42. The van der Waals surface area contributed by atoms with Gasteiger partial charge < -0.3 is 5.73 Å². The molecule has 20 heavy (non-hydrogen) atoms. The van der Waals surface area contributed by atoms with E-state index in [2.05, 4.69) is 43.6 Å². The molecule has 3 nitrogen and oxygen atoms in total. The van der Waals surface area contributed by atoms with Crippen LogP contribution in [0.5, 0.6) is 0 Å². The van der Waals surface area contributed by atoms with Crippen LogP contribution in [-0.2, 0) is 6.42 Å². The van der Waals surface area contributed by atoms with E-state index in [0.29, 0.717) is 0 Å². The van der Waals surface area contributed by atoms with Crippen LogP contribution in [0.4, 0.5) is 0 Å². The van der Waals surface area contributed by atoms with Crippen LogP contribution in [0.2, 0.25) is 0 Å². The fourth-order valence-corrected chi connectivity index (χ4v) is 3.92. The van der Waals surface area contributed by atoms with Crippen molar-refractivity contribution in [2.75, 3.05) is 13.1 Å². The lowest BCUT2D eigenvalue weighted by Gasteiger charge is -2.46. The van der Waals surface area contributed by atoms with Crippen molar-refractivity contribution in [1.82, 2.24) is 9.88 Å². The molecule has 0 aromatic carbocycles. The van der Waals surface area contributed by atoms with Gasteiger partial charge in [0.15, 0.2) is 0 Å². The van der Waals surface area contributed by atoms with E-state index in [1.54, 1.807) is 0 Å². The van der Waals surface area contributed by atoms with Crippen LogP contribution in [0.3, 0.4) is 0 Å². The molecule has 0 bridgehead atoms. The van der Waals surface area contributed by atoms with Crippen LogP contribution in [0.25, 0.3) is 0 Å². The van der Waals surface area contributed by atoms with E-state index >= 15 is 0 Å². The summed E-state index contributed by atoms with van der Waals surface area (Å²) in [5.41, 5.74) is 10.9. The molecule has 0 saturated carbocycles. The van der Waals surface area contributed by atoms with Crippen molar-refractivity contribution in [1.29, 1.82) is 0 Å². The maximum absolute atomic E-state index is 6.62. The highest BCUT2D eigenvalue weighted by molar-refractivity contribution is 5.35. The van der Waals surface area contributed by atoms with Crippen LogP contribution in [0.15, 0.2) is 12.3 Å². The average Bonchev–Trinajstić information content (AvgIpc) is 2.63. The molecule has 1 aliphatic carbocycles. The third-order valence-corrected chi connectivity index (χ3v) is 5.36. The number of likely N-dealkylation sites (tertiary alicyclic amines) is 1. The maximum atomic E-state index is 6.62. The topological polar surface area (TPSA) is 42.1 Å². The lowest BCUT2D eigenvalue weighted by atomic mass is 9.72. The van der Waals surface area contributed by atoms with Crippen molar-refractivity contribution in [3.05, 3.63) is 29.1 Å². The Balaban J connectivity index is 1.81. The van der Waals surface area contributed by atoms with Gasteiger partial charge in [0.25, 0.3) is 0 Å². The molecule has 1 aromatic heterocycles. The predicted molar refractivity (Wildman–Crippen MR) is 82.6 cm³/mol. The van der Waals surface area contributed by atoms with Gasteiger partial charge in [-0.2, -0.15) is 0 Å². The third kappa shape index (κ3) is 2.17. The van der Waals surface area contributed by atoms with Crippen LogP contribution in [-0.4, -0.2) is 28.5 Å². The summed E-state index contributed by atoms with van der Waals surface area (Å²) in [6.07, 6.45) is 5.44. The van der Waals surface area contributed by atoms with Gasteiger partial charge in [-0.1, -0.05) is 6.07 Å². The number of fused-ring (bicyclic) bond motifs is 1. The molecule has 1 aromatic rings. The summed E-state index contributed by atoms with van der Waals surface area (Å²) in [7, 11) is 0. The number of hydrogen-bond donors (Lipinski definition) is 1. The van der Waals surface area contributed by atoms with Crippen LogP contribution in [0, 0.1) is 12.3 Å². The molecule has 3 heteroatoms. The Morgan fingerprint density at radius 2 is 1.95 bits per heavy atom. The Hall–Kier alpha value is -0.930. The Bertz CT molecular complexity index is 507. The first kappa shape index (κ1) is 14.0. The van der Waals surface area contributed by atoms with Gasteiger partial charge in [-0.05, 0) is 76.6 Å². The number of nitrogens with two attached hydrogens (primary N) is 1. The zero-order valence-electron chi connectivity index (χ0n) is 13.2. The number of pyridine rings is 1. The van der Waals surface area contributed by atoms with Gasteiger partial charge in [0.2, 0.25) is 0 Å². The highest BCUT2D eigenvalue weighted by atomic mass is 15.2. The molecule has 2 heterocycles. The molecule has 0 amide bonds. The zero-order valence-corrected chi connectivity index (χ0v) is 13.2. The van der Waals surface area contributed by atoms with E-state index in [1.165, 1.54) is 29.7 Å². The first-order valence-electron chi connectivity index (χ1n) is 7.78. The second-order valence-electron chi connectivity index (χ2n) is 7.72. The number of rotatable bonds is 0. The van der Waals surface area contributed by atoms with Gasteiger partial charge in [-0.25, -0.2) is 0 Å². The summed E-state index contributed by atoms with van der Waals surface area (Å²) in [5, 5.41) is 0.